The summed E-state index contributed by atoms with van der Waals surface area (Å²) in [7, 11) is 3.40. The fraction of sp³-hybridized carbons (Fsp3) is 0.320. The molecule has 4 aromatic rings. The molecular formula is C25H22F5N5O. The van der Waals surface area contributed by atoms with Crippen LogP contribution in [0.2, 0.25) is 0 Å². The van der Waals surface area contributed by atoms with Crippen molar-refractivity contribution in [1.82, 2.24) is 19.7 Å². The molecular weight excluding hydrogens is 481 g/mol. The molecule has 36 heavy (non-hydrogen) atoms. The lowest BCUT2D eigenvalue weighted by Gasteiger charge is -2.30. The molecule has 0 spiro atoms. The fourth-order valence-electron chi connectivity index (χ4n) is 5.04. The minimum Gasteiger partial charge on any atom is -0.503 e. The van der Waals surface area contributed by atoms with E-state index in [0.29, 0.717) is 12.0 Å². The summed E-state index contributed by atoms with van der Waals surface area (Å²) in [5.74, 6) is -4.66. The van der Waals surface area contributed by atoms with Crippen molar-refractivity contribution >= 4 is 17.0 Å². The van der Waals surface area contributed by atoms with Gasteiger partial charge in [0, 0.05) is 37.8 Å². The number of halogens is 5. The van der Waals surface area contributed by atoms with Crippen LogP contribution in [0.3, 0.4) is 0 Å². The normalized spacial score (nSPS) is 18.2. The number of likely N-dealkylation sites (N-methyl/N-ethyl adjacent to an activating group) is 1. The summed E-state index contributed by atoms with van der Waals surface area (Å²) in [6.45, 7) is 0. The lowest BCUT2D eigenvalue weighted by atomic mass is 9.93. The fourth-order valence-corrected chi connectivity index (χ4v) is 5.04. The second-order valence-corrected chi connectivity index (χ2v) is 8.95. The van der Waals surface area contributed by atoms with E-state index in [0.717, 1.165) is 19.3 Å². The van der Waals surface area contributed by atoms with E-state index < -0.39 is 34.7 Å². The van der Waals surface area contributed by atoms with Crippen LogP contribution in [0.25, 0.3) is 22.3 Å². The number of phenolic OH excluding ortho intramolecular Hbond substituents is 1. The summed E-state index contributed by atoms with van der Waals surface area (Å²) in [5.41, 5.74) is -1.24. The van der Waals surface area contributed by atoms with Crippen LogP contribution < -0.4 is 4.90 Å². The Morgan fingerprint density at radius 2 is 1.81 bits per heavy atom. The van der Waals surface area contributed by atoms with Gasteiger partial charge in [0.15, 0.2) is 23.0 Å². The minimum absolute atomic E-state index is 0.137. The third kappa shape index (κ3) is 3.92. The zero-order chi connectivity index (χ0) is 25.8. The van der Waals surface area contributed by atoms with Crippen LogP contribution in [0, 0.1) is 11.6 Å². The number of rotatable bonds is 4. The van der Waals surface area contributed by atoms with Crippen LogP contribution >= 0.6 is 0 Å². The van der Waals surface area contributed by atoms with Crippen LogP contribution in [-0.4, -0.2) is 37.9 Å². The Balaban J connectivity index is 1.56. The number of hydrogen-bond donors (Lipinski definition) is 1. The lowest BCUT2D eigenvalue weighted by Crippen LogP contribution is -2.34. The largest absolute Gasteiger partial charge is 0.503 e. The van der Waals surface area contributed by atoms with E-state index in [9.17, 15) is 27.1 Å². The van der Waals surface area contributed by atoms with Crippen LogP contribution in [0.4, 0.5) is 27.9 Å². The van der Waals surface area contributed by atoms with E-state index in [1.54, 1.807) is 0 Å². The average Bonchev–Trinajstić information content (AvgIpc) is 3.47. The molecule has 1 fully saturated rings. The third-order valence-electron chi connectivity index (χ3n) is 6.83. The molecule has 1 N–H and O–H groups in total. The Hall–Kier alpha value is -3.76. The van der Waals surface area contributed by atoms with E-state index in [-0.39, 0.29) is 28.7 Å². The number of hydrogen-bond acceptors (Lipinski definition) is 5. The number of phenols is 1. The van der Waals surface area contributed by atoms with Crippen molar-refractivity contribution in [2.75, 3.05) is 11.9 Å². The van der Waals surface area contributed by atoms with Gasteiger partial charge in [0.1, 0.15) is 5.69 Å². The van der Waals surface area contributed by atoms with Crippen molar-refractivity contribution in [2.24, 2.45) is 7.05 Å². The number of benzene rings is 2. The quantitative estimate of drug-likeness (QED) is 0.357. The van der Waals surface area contributed by atoms with Crippen LogP contribution in [0.1, 0.15) is 36.3 Å². The zero-order valence-corrected chi connectivity index (χ0v) is 19.4. The monoisotopic (exact) mass is 503 g/mol. The number of nitrogens with zero attached hydrogens (tertiary/aromatic N) is 5. The second kappa shape index (κ2) is 8.72. The maximum atomic E-state index is 14.7. The van der Waals surface area contributed by atoms with Gasteiger partial charge in [0.05, 0.1) is 10.9 Å². The van der Waals surface area contributed by atoms with Crippen LogP contribution in [0.5, 0.6) is 5.75 Å². The van der Waals surface area contributed by atoms with Gasteiger partial charge in [-0.05, 0) is 24.5 Å². The van der Waals surface area contributed by atoms with Gasteiger partial charge in [-0.1, -0.05) is 36.8 Å². The van der Waals surface area contributed by atoms with Gasteiger partial charge in [0.2, 0.25) is 5.95 Å². The molecule has 188 valence electrons. The first-order valence-corrected chi connectivity index (χ1v) is 11.3. The summed E-state index contributed by atoms with van der Waals surface area (Å²) < 4.78 is 69.8. The standard InChI is InChI=1S/C25H22F5N5O/c1-34(18-10-6-9-14(18)13-7-4-3-5-8-13)24-31-12-16-21(33-35(2)23(16)32-24)15-11-17(25(28,29)30)20(27)22(36)19(15)26/h3-5,7-8,11-12,14,18,36H,6,9-10H2,1-2H3/t14-,18+/m0/s1. The summed E-state index contributed by atoms with van der Waals surface area (Å²) in [6, 6.07) is 10.6. The predicted octanol–water partition coefficient (Wildman–Crippen LogP) is 5.81. The third-order valence-corrected chi connectivity index (χ3v) is 6.83. The van der Waals surface area contributed by atoms with Gasteiger partial charge in [0.25, 0.3) is 0 Å². The number of aryl methyl sites for hydroxylation is 1. The number of anilines is 1. The molecule has 0 radical (unpaired) electrons. The van der Waals surface area contributed by atoms with Crippen molar-refractivity contribution in [1.29, 1.82) is 0 Å². The molecule has 2 atom stereocenters. The molecule has 0 bridgehead atoms. The molecule has 2 aromatic heterocycles. The van der Waals surface area contributed by atoms with E-state index in [1.165, 1.54) is 23.5 Å². The molecule has 1 aliphatic carbocycles. The molecule has 5 rings (SSSR count). The number of fused-ring (bicyclic) bond motifs is 1. The van der Waals surface area contributed by atoms with E-state index in [1.807, 2.05) is 30.1 Å². The first-order valence-electron chi connectivity index (χ1n) is 11.3. The highest BCUT2D eigenvalue weighted by Gasteiger charge is 2.38. The maximum absolute atomic E-state index is 14.7. The number of aromatic hydroxyl groups is 1. The molecule has 0 aliphatic heterocycles. The molecule has 2 aromatic carbocycles. The molecule has 1 saturated carbocycles. The Morgan fingerprint density at radius 1 is 1.08 bits per heavy atom. The van der Waals surface area contributed by atoms with Crippen LogP contribution in [0.15, 0.2) is 42.6 Å². The van der Waals surface area contributed by atoms with Crippen molar-refractivity contribution in [3.8, 4) is 17.0 Å². The number of aromatic nitrogens is 4. The smallest absolute Gasteiger partial charge is 0.419 e. The Labute approximate surface area is 203 Å². The molecule has 2 heterocycles. The Bertz CT molecular complexity index is 1440. The summed E-state index contributed by atoms with van der Waals surface area (Å²) in [4.78, 5) is 10.9. The second-order valence-electron chi connectivity index (χ2n) is 8.95. The van der Waals surface area contributed by atoms with Gasteiger partial charge in [-0.2, -0.15) is 23.3 Å². The maximum Gasteiger partial charge on any atom is 0.419 e. The van der Waals surface area contributed by atoms with Crippen molar-refractivity contribution < 1.29 is 27.1 Å². The molecule has 6 nitrogen and oxygen atoms in total. The zero-order valence-electron chi connectivity index (χ0n) is 19.4. The van der Waals surface area contributed by atoms with E-state index in [2.05, 4.69) is 27.2 Å². The molecule has 0 saturated heterocycles. The van der Waals surface area contributed by atoms with Gasteiger partial charge in [-0.15, -0.1) is 0 Å². The SMILES string of the molecule is CN(c1ncc2c(-c3cc(C(F)(F)F)c(F)c(O)c3F)nn(C)c2n1)[C@@H]1CCC[C@H]1c1ccccc1. The first-order chi connectivity index (χ1) is 17.1. The van der Waals surface area contributed by atoms with E-state index >= 15 is 0 Å². The molecule has 11 heteroatoms. The topological polar surface area (TPSA) is 67.1 Å². The highest BCUT2D eigenvalue weighted by Crippen LogP contribution is 2.42. The van der Waals surface area contributed by atoms with Crippen LogP contribution in [-0.2, 0) is 13.2 Å². The van der Waals surface area contributed by atoms with Crippen molar-refractivity contribution in [3.05, 3.63) is 65.4 Å². The van der Waals surface area contributed by atoms with Crippen molar-refractivity contribution in [3.63, 3.8) is 0 Å². The summed E-state index contributed by atoms with van der Waals surface area (Å²) >= 11 is 0. The van der Waals surface area contributed by atoms with E-state index in [4.69, 9.17) is 0 Å². The highest BCUT2D eigenvalue weighted by molar-refractivity contribution is 5.91. The first kappa shape index (κ1) is 24.0. The summed E-state index contributed by atoms with van der Waals surface area (Å²) in [6.07, 6.45) is -0.782. The lowest BCUT2D eigenvalue weighted by molar-refractivity contribution is -0.140. The average molecular weight is 503 g/mol. The molecule has 0 amide bonds. The number of alkyl halides is 3. The van der Waals surface area contributed by atoms with Gasteiger partial charge in [-0.3, -0.25) is 0 Å². The van der Waals surface area contributed by atoms with Gasteiger partial charge >= 0.3 is 6.18 Å². The Morgan fingerprint density at radius 3 is 2.50 bits per heavy atom. The van der Waals surface area contributed by atoms with Gasteiger partial charge in [-0.25, -0.2) is 18.4 Å². The minimum atomic E-state index is -5.14. The summed E-state index contributed by atoms with van der Waals surface area (Å²) in [5, 5.41) is 14.0. The van der Waals surface area contributed by atoms with Crippen molar-refractivity contribution in [2.45, 2.75) is 37.4 Å². The highest BCUT2D eigenvalue weighted by atomic mass is 19.4. The molecule has 1 aliphatic rings. The molecule has 0 unspecified atom stereocenters. The Kier molecular flexibility index (Phi) is 5.80. The van der Waals surface area contributed by atoms with Gasteiger partial charge < -0.3 is 10.0 Å². The predicted molar refractivity (Wildman–Crippen MR) is 124 cm³/mol.